The van der Waals surface area contributed by atoms with Crippen LogP contribution in [0.2, 0.25) is 0 Å². The summed E-state index contributed by atoms with van der Waals surface area (Å²) < 4.78 is 0. The molecule has 0 saturated heterocycles. The second-order valence-electron chi connectivity index (χ2n) is 6.11. The van der Waals surface area contributed by atoms with E-state index in [0.29, 0.717) is 30.8 Å². The summed E-state index contributed by atoms with van der Waals surface area (Å²) in [5.74, 6) is -0.558. The fourth-order valence-corrected chi connectivity index (χ4v) is 2.65. The quantitative estimate of drug-likeness (QED) is 0.577. The lowest BCUT2D eigenvalue weighted by Crippen LogP contribution is -2.34. The Bertz CT molecular complexity index is 708. The van der Waals surface area contributed by atoms with Crippen LogP contribution >= 0.6 is 12.4 Å². The van der Waals surface area contributed by atoms with Crippen molar-refractivity contribution < 1.29 is 9.59 Å². The van der Waals surface area contributed by atoms with E-state index in [1.807, 2.05) is 18.2 Å². The second kappa shape index (κ2) is 12.1. The first-order valence-corrected chi connectivity index (χ1v) is 8.74. The number of benzene rings is 2. The highest BCUT2D eigenvalue weighted by molar-refractivity contribution is 5.94. The van der Waals surface area contributed by atoms with Crippen LogP contribution in [0.5, 0.6) is 0 Å². The summed E-state index contributed by atoms with van der Waals surface area (Å²) in [7, 11) is 0. The van der Waals surface area contributed by atoms with Crippen LogP contribution in [0.4, 0.5) is 5.69 Å². The first kappa shape index (κ1) is 22.6. The molecule has 7 heteroatoms. The highest BCUT2D eigenvalue weighted by atomic mass is 35.5. The van der Waals surface area contributed by atoms with Gasteiger partial charge in [0.25, 0.3) is 0 Å². The molecular weight excluding hydrogens is 364 g/mol. The van der Waals surface area contributed by atoms with E-state index in [0.717, 1.165) is 19.5 Å². The van der Waals surface area contributed by atoms with Crippen molar-refractivity contribution >= 4 is 29.9 Å². The topological polar surface area (TPSA) is 101 Å². The van der Waals surface area contributed by atoms with E-state index in [1.165, 1.54) is 5.56 Å². The molecule has 2 rings (SSSR count). The molecule has 0 atom stereocenters. The van der Waals surface area contributed by atoms with Crippen LogP contribution < -0.4 is 16.8 Å². The average Bonchev–Trinajstić information content (AvgIpc) is 2.65. The summed E-state index contributed by atoms with van der Waals surface area (Å²) >= 11 is 0. The Labute approximate surface area is 166 Å². The third-order valence-electron chi connectivity index (χ3n) is 4.11. The van der Waals surface area contributed by atoms with E-state index in [9.17, 15) is 9.59 Å². The number of rotatable bonds is 10. The molecule has 0 heterocycles. The molecule has 0 saturated carbocycles. The number of hydrogen-bond acceptors (Lipinski definition) is 4. The Balaban J connectivity index is 0.00000364. The van der Waals surface area contributed by atoms with E-state index in [4.69, 9.17) is 11.5 Å². The highest BCUT2D eigenvalue weighted by Gasteiger charge is 2.09. The molecule has 0 radical (unpaired) electrons. The number of anilines is 1. The number of amides is 2. The fraction of sp³-hybridized carbons (Fsp3) is 0.300. The minimum Gasteiger partial charge on any atom is -0.366 e. The van der Waals surface area contributed by atoms with Crippen molar-refractivity contribution in [3.63, 3.8) is 0 Å². The van der Waals surface area contributed by atoms with Crippen molar-refractivity contribution in [3.05, 3.63) is 65.7 Å². The Morgan fingerprint density at radius 3 is 2.19 bits per heavy atom. The lowest BCUT2D eigenvalue weighted by Gasteiger charge is -2.21. The molecule has 0 aliphatic heterocycles. The number of nitrogens with two attached hydrogens (primary N) is 2. The molecule has 0 unspecified atom stereocenters. The maximum Gasteiger partial charge on any atom is 0.248 e. The summed E-state index contributed by atoms with van der Waals surface area (Å²) in [4.78, 5) is 25.4. The zero-order valence-corrected chi connectivity index (χ0v) is 16.1. The Kier molecular flexibility index (Phi) is 10.1. The molecule has 5 N–H and O–H groups in total. The standard InChI is InChI=1S/C20H26N4O2.ClH/c21-12-15-24(13-10-16-4-2-1-3-5-16)14-11-19(25)23-18-8-6-17(7-9-18)20(22)26;/h1-9H,10-15,21H2,(H2,22,26)(H,23,25);1H. The third kappa shape index (κ3) is 8.21. The Hall–Kier alpha value is -2.41. The summed E-state index contributed by atoms with van der Waals surface area (Å²) in [6.07, 6.45) is 1.31. The fourth-order valence-electron chi connectivity index (χ4n) is 2.65. The lowest BCUT2D eigenvalue weighted by atomic mass is 10.1. The van der Waals surface area contributed by atoms with Crippen molar-refractivity contribution in [1.82, 2.24) is 4.90 Å². The summed E-state index contributed by atoms with van der Waals surface area (Å²) in [6, 6.07) is 16.8. The smallest absolute Gasteiger partial charge is 0.248 e. The molecule has 0 spiro atoms. The Morgan fingerprint density at radius 1 is 0.926 bits per heavy atom. The van der Waals surface area contributed by atoms with E-state index in [-0.39, 0.29) is 18.3 Å². The molecular formula is C20H27ClN4O2. The molecule has 27 heavy (non-hydrogen) atoms. The molecule has 0 fully saturated rings. The number of nitrogens with one attached hydrogen (secondary N) is 1. The van der Waals surface area contributed by atoms with Gasteiger partial charge in [0, 0.05) is 43.9 Å². The summed E-state index contributed by atoms with van der Waals surface area (Å²) in [6.45, 7) is 2.83. The third-order valence-corrected chi connectivity index (χ3v) is 4.11. The average molecular weight is 391 g/mol. The van der Waals surface area contributed by atoms with Crippen LogP contribution in [0, 0.1) is 0 Å². The summed E-state index contributed by atoms with van der Waals surface area (Å²) in [5.41, 5.74) is 13.2. The molecule has 2 aromatic rings. The van der Waals surface area contributed by atoms with Crippen LogP contribution in [0.15, 0.2) is 54.6 Å². The lowest BCUT2D eigenvalue weighted by molar-refractivity contribution is -0.116. The predicted octanol–water partition coefficient (Wildman–Crippen LogP) is 2.04. The van der Waals surface area contributed by atoms with Gasteiger partial charge in [-0.15, -0.1) is 12.4 Å². The van der Waals surface area contributed by atoms with Gasteiger partial charge in [0.1, 0.15) is 0 Å². The van der Waals surface area contributed by atoms with Crippen LogP contribution in [-0.2, 0) is 11.2 Å². The van der Waals surface area contributed by atoms with Crippen LogP contribution in [-0.4, -0.2) is 42.9 Å². The van der Waals surface area contributed by atoms with Gasteiger partial charge in [-0.25, -0.2) is 0 Å². The number of carbonyl (C=O) groups excluding carboxylic acids is 2. The number of hydrogen-bond donors (Lipinski definition) is 3. The van der Waals surface area contributed by atoms with Crippen molar-refractivity contribution in [3.8, 4) is 0 Å². The second-order valence-corrected chi connectivity index (χ2v) is 6.11. The number of carbonyl (C=O) groups is 2. The molecule has 0 aliphatic rings. The molecule has 2 amide bonds. The van der Waals surface area contributed by atoms with Gasteiger partial charge in [-0.2, -0.15) is 0 Å². The van der Waals surface area contributed by atoms with Gasteiger partial charge < -0.3 is 21.7 Å². The molecule has 0 aliphatic carbocycles. The SMILES string of the molecule is Cl.NCCN(CCC(=O)Nc1ccc(C(N)=O)cc1)CCc1ccccc1. The van der Waals surface area contributed by atoms with E-state index < -0.39 is 5.91 Å². The largest absolute Gasteiger partial charge is 0.366 e. The predicted molar refractivity (Wildman–Crippen MR) is 111 cm³/mol. The molecule has 0 aromatic heterocycles. The van der Waals surface area contributed by atoms with Crippen molar-refractivity contribution in [1.29, 1.82) is 0 Å². The van der Waals surface area contributed by atoms with Gasteiger partial charge in [0.15, 0.2) is 0 Å². The van der Waals surface area contributed by atoms with E-state index >= 15 is 0 Å². The minimum absolute atomic E-state index is 0. The maximum absolute atomic E-state index is 12.2. The zero-order valence-electron chi connectivity index (χ0n) is 15.3. The maximum atomic E-state index is 12.2. The molecule has 0 bridgehead atoms. The first-order valence-electron chi connectivity index (χ1n) is 8.74. The zero-order chi connectivity index (χ0) is 18.8. The highest BCUT2D eigenvalue weighted by Crippen LogP contribution is 2.10. The van der Waals surface area contributed by atoms with Gasteiger partial charge in [-0.05, 0) is 36.2 Å². The molecule has 146 valence electrons. The van der Waals surface area contributed by atoms with Crippen LogP contribution in [0.3, 0.4) is 0 Å². The number of nitrogens with zero attached hydrogens (tertiary/aromatic N) is 1. The van der Waals surface area contributed by atoms with E-state index in [1.54, 1.807) is 24.3 Å². The Morgan fingerprint density at radius 2 is 1.59 bits per heavy atom. The van der Waals surface area contributed by atoms with Crippen molar-refractivity contribution in [2.45, 2.75) is 12.8 Å². The van der Waals surface area contributed by atoms with Crippen LogP contribution in [0.25, 0.3) is 0 Å². The monoisotopic (exact) mass is 390 g/mol. The van der Waals surface area contributed by atoms with Gasteiger partial charge >= 0.3 is 0 Å². The first-order chi connectivity index (χ1) is 12.6. The molecule has 2 aromatic carbocycles. The van der Waals surface area contributed by atoms with Crippen molar-refractivity contribution in [2.75, 3.05) is 31.5 Å². The van der Waals surface area contributed by atoms with Crippen LogP contribution in [0.1, 0.15) is 22.3 Å². The molecule has 6 nitrogen and oxygen atoms in total. The minimum atomic E-state index is -0.487. The summed E-state index contributed by atoms with van der Waals surface area (Å²) in [5, 5.41) is 2.83. The van der Waals surface area contributed by atoms with Gasteiger partial charge in [-0.3, -0.25) is 9.59 Å². The number of primary amides is 1. The van der Waals surface area contributed by atoms with Gasteiger partial charge in [-0.1, -0.05) is 30.3 Å². The normalized spacial score (nSPS) is 10.3. The van der Waals surface area contributed by atoms with Gasteiger partial charge in [0.2, 0.25) is 11.8 Å². The number of halogens is 1. The van der Waals surface area contributed by atoms with Gasteiger partial charge in [0.05, 0.1) is 0 Å². The van der Waals surface area contributed by atoms with Crippen molar-refractivity contribution in [2.24, 2.45) is 11.5 Å². The van der Waals surface area contributed by atoms with E-state index in [2.05, 4.69) is 22.3 Å².